The second-order valence-electron chi connectivity index (χ2n) is 5.98. The summed E-state index contributed by atoms with van der Waals surface area (Å²) in [6.07, 6.45) is 0. The Balaban J connectivity index is 2.73. The van der Waals surface area contributed by atoms with E-state index in [-0.39, 0.29) is 18.2 Å². The van der Waals surface area contributed by atoms with Crippen molar-refractivity contribution in [2.75, 3.05) is 18.1 Å². The van der Waals surface area contributed by atoms with Gasteiger partial charge in [0.15, 0.2) is 9.84 Å². The monoisotopic (exact) mass is 313 g/mol. The Kier molecular flexibility index (Phi) is 5.92. The zero-order valence-corrected chi connectivity index (χ0v) is 13.5. The first-order valence-corrected chi connectivity index (χ1v) is 8.62. The number of hydrogen-bond acceptors (Lipinski definition) is 5. The van der Waals surface area contributed by atoms with Crippen LogP contribution in [0.4, 0.5) is 0 Å². The molecule has 1 atom stereocenters. The van der Waals surface area contributed by atoms with Crippen LogP contribution < -0.4 is 5.73 Å². The van der Waals surface area contributed by atoms with E-state index in [9.17, 15) is 13.2 Å². The third kappa shape index (κ3) is 6.73. The van der Waals surface area contributed by atoms with Gasteiger partial charge in [-0.2, -0.15) is 0 Å². The topological polar surface area (TPSA) is 86.5 Å². The summed E-state index contributed by atoms with van der Waals surface area (Å²) in [5.74, 6) is -1.83. The molecule has 0 saturated carbocycles. The Morgan fingerprint density at radius 3 is 2.29 bits per heavy atom. The van der Waals surface area contributed by atoms with Gasteiger partial charge in [-0.05, 0) is 26.3 Å². The predicted octanol–water partition coefficient (Wildman–Crippen LogP) is 1.49. The maximum atomic E-state index is 12.1. The number of nitrogens with two attached hydrogens (primary N) is 1. The summed E-state index contributed by atoms with van der Waals surface area (Å²) in [6.45, 7) is 5.30. The van der Waals surface area contributed by atoms with Gasteiger partial charge in [0.05, 0.1) is 5.75 Å². The number of sulfone groups is 1. The van der Waals surface area contributed by atoms with Crippen molar-refractivity contribution in [1.29, 1.82) is 0 Å². The van der Waals surface area contributed by atoms with Gasteiger partial charge in [0.1, 0.15) is 11.4 Å². The minimum atomic E-state index is -3.57. The molecule has 2 N–H and O–H groups in total. The van der Waals surface area contributed by atoms with E-state index in [2.05, 4.69) is 0 Å². The molecule has 5 nitrogen and oxygen atoms in total. The summed E-state index contributed by atoms with van der Waals surface area (Å²) in [7, 11) is -3.57. The lowest BCUT2D eigenvalue weighted by Crippen LogP contribution is -2.31. The summed E-state index contributed by atoms with van der Waals surface area (Å²) in [5.41, 5.74) is 5.82. The Labute approximate surface area is 126 Å². The third-order valence-corrected chi connectivity index (χ3v) is 4.35. The molecule has 0 saturated heterocycles. The second-order valence-corrected chi connectivity index (χ2v) is 8.09. The first kappa shape index (κ1) is 17.7. The average Bonchev–Trinajstić information content (AvgIpc) is 2.34. The van der Waals surface area contributed by atoms with Gasteiger partial charge < -0.3 is 10.5 Å². The molecule has 0 aromatic heterocycles. The Morgan fingerprint density at radius 2 is 1.81 bits per heavy atom. The van der Waals surface area contributed by atoms with Gasteiger partial charge in [-0.3, -0.25) is 4.79 Å². The number of ether oxygens (including phenoxy) is 1. The highest BCUT2D eigenvalue weighted by atomic mass is 32.2. The van der Waals surface area contributed by atoms with Crippen molar-refractivity contribution >= 4 is 15.8 Å². The first-order chi connectivity index (χ1) is 9.63. The fraction of sp³-hybridized carbons (Fsp3) is 0.533. The summed E-state index contributed by atoms with van der Waals surface area (Å²) < 4.78 is 29.3. The highest BCUT2D eigenvalue weighted by Crippen LogP contribution is 2.17. The van der Waals surface area contributed by atoms with Crippen LogP contribution in [0.3, 0.4) is 0 Å². The van der Waals surface area contributed by atoms with Crippen molar-refractivity contribution in [2.24, 2.45) is 5.73 Å². The summed E-state index contributed by atoms with van der Waals surface area (Å²) in [4.78, 5) is 11.6. The number of esters is 1. The van der Waals surface area contributed by atoms with E-state index in [1.165, 1.54) is 0 Å². The van der Waals surface area contributed by atoms with E-state index in [4.69, 9.17) is 10.5 Å². The van der Waals surface area contributed by atoms with E-state index in [1.54, 1.807) is 20.8 Å². The molecular formula is C15H23NO4S. The number of carbonyl (C=O) groups is 1. The van der Waals surface area contributed by atoms with Crippen molar-refractivity contribution in [1.82, 2.24) is 0 Å². The quantitative estimate of drug-likeness (QED) is 0.804. The SMILES string of the molecule is CC(C)(C)OC(=O)CS(=O)(=O)CC(CN)c1ccccc1. The molecule has 0 fully saturated rings. The second kappa shape index (κ2) is 7.04. The standard InChI is InChI=1S/C15H23NO4S/c1-15(2,3)20-14(17)11-21(18,19)10-13(9-16)12-7-5-4-6-8-12/h4-8,13H,9-11,16H2,1-3H3. The van der Waals surface area contributed by atoms with Gasteiger partial charge in [-0.15, -0.1) is 0 Å². The smallest absolute Gasteiger partial charge is 0.321 e. The molecular weight excluding hydrogens is 290 g/mol. The maximum absolute atomic E-state index is 12.1. The van der Waals surface area contributed by atoms with Crippen molar-refractivity contribution in [2.45, 2.75) is 32.3 Å². The van der Waals surface area contributed by atoms with Gasteiger partial charge in [-0.1, -0.05) is 30.3 Å². The number of carbonyl (C=O) groups excluding carboxylic acids is 1. The van der Waals surface area contributed by atoms with Crippen LogP contribution >= 0.6 is 0 Å². The van der Waals surface area contributed by atoms with Crippen LogP contribution in [-0.2, 0) is 19.4 Å². The molecule has 0 heterocycles. The van der Waals surface area contributed by atoms with E-state index >= 15 is 0 Å². The molecule has 0 radical (unpaired) electrons. The van der Waals surface area contributed by atoms with Crippen LogP contribution in [-0.4, -0.2) is 38.0 Å². The van der Waals surface area contributed by atoms with Gasteiger partial charge >= 0.3 is 5.97 Å². The lowest BCUT2D eigenvalue weighted by atomic mass is 10.0. The highest BCUT2D eigenvalue weighted by molar-refractivity contribution is 7.92. The van der Waals surface area contributed by atoms with Crippen LogP contribution in [0.25, 0.3) is 0 Å². The molecule has 1 aromatic carbocycles. The molecule has 118 valence electrons. The lowest BCUT2D eigenvalue weighted by Gasteiger charge is -2.20. The lowest BCUT2D eigenvalue weighted by molar-refractivity contribution is -0.151. The van der Waals surface area contributed by atoms with Crippen molar-refractivity contribution < 1.29 is 17.9 Å². The Bertz CT molecular complexity index is 561. The number of rotatable bonds is 6. The highest BCUT2D eigenvalue weighted by Gasteiger charge is 2.26. The summed E-state index contributed by atoms with van der Waals surface area (Å²) in [6, 6.07) is 9.18. The van der Waals surface area contributed by atoms with Gasteiger partial charge in [0, 0.05) is 12.5 Å². The average molecular weight is 313 g/mol. The molecule has 0 aliphatic carbocycles. The Morgan fingerprint density at radius 1 is 1.24 bits per heavy atom. The number of benzene rings is 1. The van der Waals surface area contributed by atoms with Crippen LogP contribution in [0.15, 0.2) is 30.3 Å². The zero-order chi connectivity index (χ0) is 16.1. The molecule has 6 heteroatoms. The van der Waals surface area contributed by atoms with E-state index in [1.807, 2.05) is 30.3 Å². The van der Waals surface area contributed by atoms with Crippen molar-refractivity contribution in [3.05, 3.63) is 35.9 Å². The molecule has 0 aliphatic heterocycles. The minimum Gasteiger partial charge on any atom is -0.459 e. The van der Waals surface area contributed by atoms with Gasteiger partial charge in [0.25, 0.3) is 0 Å². The van der Waals surface area contributed by atoms with Crippen molar-refractivity contribution in [3.8, 4) is 0 Å². The molecule has 0 aliphatic rings. The minimum absolute atomic E-state index is 0.160. The van der Waals surface area contributed by atoms with E-state index in [0.717, 1.165) is 5.56 Å². The molecule has 0 bridgehead atoms. The van der Waals surface area contributed by atoms with Crippen LogP contribution in [0.5, 0.6) is 0 Å². The Hall–Kier alpha value is -1.40. The van der Waals surface area contributed by atoms with E-state index in [0.29, 0.717) is 0 Å². The first-order valence-electron chi connectivity index (χ1n) is 6.80. The fourth-order valence-corrected chi connectivity index (χ4v) is 3.42. The van der Waals surface area contributed by atoms with Crippen LogP contribution in [0.2, 0.25) is 0 Å². The molecule has 0 amide bonds. The molecule has 1 rings (SSSR count). The summed E-state index contributed by atoms with van der Waals surface area (Å²) in [5, 5.41) is 0. The zero-order valence-electron chi connectivity index (χ0n) is 12.7. The molecule has 0 spiro atoms. The van der Waals surface area contributed by atoms with Gasteiger partial charge in [0.2, 0.25) is 0 Å². The molecule has 21 heavy (non-hydrogen) atoms. The normalized spacial score (nSPS) is 13.7. The van der Waals surface area contributed by atoms with Gasteiger partial charge in [-0.25, -0.2) is 8.42 Å². The fourth-order valence-electron chi connectivity index (χ4n) is 1.94. The van der Waals surface area contributed by atoms with Crippen LogP contribution in [0, 0.1) is 0 Å². The molecule has 1 aromatic rings. The third-order valence-electron chi connectivity index (χ3n) is 2.77. The largest absolute Gasteiger partial charge is 0.459 e. The summed E-state index contributed by atoms with van der Waals surface area (Å²) >= 11 is 0. The van der Waals surface area contributed by atoms with E-state index < -0.39 is 27.2 Å². The van der Waals surface area contributed by atoms with Crippen molar-refractivity contribution in [3.63, 3.8) is 0 Å². The molecule has 1 unspecified atom stereocenters. The maximum Gasteiger partial charge on any atom is 0.321 e. The van der Waals surface area contributed by atoms with Crippen LogP contribution in [0.1, 0.15) is 32.3 Å². The predicted molar refractivity (Wildman–Crippen MR) is 82.7 cm³/mol. The number of hydrogen-bond donors (Lipinski definition) is 1.